The van der Waals surface area contributed by atoms with Crippen LogP contribution >= 0.6 is 11.6 Å². The molecule has 4 rings (SSSR count). The van der Waals surface area contributed by atoms with Gasteiger partial charge >= 0.3 is 0 Å². The van der Waals surface area contributed by atoms with Crippen molar-refractivity contribution in [1.82, 2.24) is 14.5 Å². The van der Waals surface area contributed by atoms with Crippen molar-refractivity contribution in [2.75, 3.05) is 13.1 Å². The van der Waals surface area contributed by atoms with Crippen molar-refractivity contribution >= 4 is 28.5 Å². The molecule has 2 heterocycles. The van der Waals surface area contributed by atoms with Gasteiger partial charge in [0.05, 0.1) is 11.0 Å². The van der Waals surface area contributed by atoms with E-state index >= 15 is 0 Å². The third-order valence-corrected chi connectivity index (χ3v) is 4.97. The van der Waals surface area contributed by atoms with E-state index < -0.39 is 0 Å². The fourth-order valence-electron chi connectivity index (χ4n) is 3.46. The van der Waals surface area contributed by atoms with Crippen LogP contribution in [0.5, 0.6) is 0 Å². The van der Waals surface area contributed by atoms with Crippen molar-refractivity contribution in [3.05, 3.63) is 53.6 Å². The molecule has 5 heteroatoms. The zero-order chi connectivity index (χ0) is 17.2. The van der Waals surface area contributed by atoms with Crippen molar-refractivity contribution < 1.29 is 4.79 Å². The molecule has 1 fully saturated rings. The van der Waals surface area contributed by atoms with E-state index in [1.54, 1.807) is 0 Å². The summed E-state index contributed by atoms with van der Waals surface area (Å²) < 4.78 is 2.01. The third-order valence-electron chi connectivity index (χ3n) is 4.74. The number of hydrogen-bond acceptors (Lipinski definition) is 2. The van der Waals surface area contributed by atoms with Crippen LogP contribution in [-0.2, 0) is 11.3 Å². The van der Waals surface area contributed by atoms with Crippen molar-refractivity contribution in [2.24, 2.45) is 0 Å². The molecule has 25 heavy (non-hydrogen) atoms. The third kappa shape index (κ3) is 3.27. The predicted octanol–water partition coefficient (Wildman–Crippen LogP) is 4.37. The SMILES string of the molecule is O=C(Cn1c(-c2cccc(Cl)c2)nc2ccccc21)N1CCCCC1. The second kappa shape index (κ2) is 6.89. The van der Waals surface area contributed by atoms with Gasteiger partial charge in [0.15, 0.2) is 0 Å². The number of carbonyl (C=O) groups is 1. The van der Waals surface area contributed by atoms with E-state index in [4.69, 9.17) is 16.6 Å². The number of benzene rings is 2. The number of imidazole rings is 1. The highest BCUT2D eigenvalue weighted by Crippen LogP contribution is 2.27. The van der Waals surface area contributed by atoms with Crippen molar-refractivity contribution in [3.8, 4) is 11.4 Å². The maximum atomic E-state index is 12.8. The van der Waals surface area contributed by atoms with E-state index in [0.29, 0.717) is 11.6 Å². The standard InChI is InChI=1S/C20H20ClN3O/c21-16-8-6-7-15(13-16)20-22-17-9-2-3-10-18(17)24(20)14-19(25)23-11-4-1-5-12-23/h2-3,6-10,13H,1,4-5,11-12,14H2. The number of para-hydroxylation sites is 2. The van der Waals surface area contributed by atoms with Gasteiger partial charge in [-0.2, -0.15) is 0 Å². The number of aromatic nitrogens is 2. The molecule has 2 aromatic carbocycles. The number of likely N-dealkylation sites (tertiary alicyclic amines) is 1. The monoisotopic (exact) mass is 353 g/mol. The Morgan fingerprint density at radius 3 is 2.64 bits per heavy atom. The van der Waals surface area contributed by atoms with E-state index in [2.05, 4.69) is 0 Å². The molecule has 0 spiro atoms. The number of fused-ring (bicyclic) bond motifs is 1. The molecule has 0 radical (unpaired) electrons. The summed E-state index contributed by atoms with van der Waals surface area (Å²) in [5.74, 6) is 0.945. The summed E-state index contributed by atoms with van der Waals surface area (Å²) in [6, 6.07) is 15.6. The Morgan fingerprint density at radius 2 is 1.84 bits per heavy atom. The summed E-state index contributed by atoms with van der Waals surface area (Å²) in [5.41, 5.74) is 2.79. The van der Waals surface area contributed by atoms with Crippen molar-refractivity contribution in [2.45, 2.75) is 25.8 Å². The zero-order valence-electron chi connectivity index (χ0n) is 14.0. The van der Waals surface area contributed by atoms with Gasteiger partial charge < -0.3 is 9.47 Å². The molecular weight excluding hydrogens is 334 g/mol. The summed E-state index contributed by atoms with van der Waals surface area (Å²) in [7, 11) is 0. The molecule has 0 unspecified atom stereocenters. The van der Waals surface area contributed by atoms with E-state index in [9.17, 15) is 4.79 Å². The molecular formula is C20H20ClN3O. The van der Waals surface area contributed by atoms with Gasteiger partial charge in [-0.25, -0.2) is 4.98 Å². The van der Waals surface area contributed by atoms with Gasteiger partial charge in [-0.1, -0.05) is 35.9 Å². The topological polar surface area (TPSA) is 38.1 Å². The molecule has 1 aliphatic heterocycles. The molecule has 4 nitrogen and oxygen atoms in total. The van der Waals surface area contributed by atoms with Gasteiger partial charge in [-0.05, 0) is 43.5 Å². The second-order valence-corrected chi connectivity index (χ2v) is 6.90. The van der Waals surface area contributed by atoms with E-state index in [0.717, 1.165) is 48.4 Å². The van der Waals surface area contributed by atoms with Crippen LogP contribution in [0, 0.1) is 0 Å². The molecule has 0 aliphatic carbocycles. The highest BCUT2D eigenvalue weighted by molar-refractivity contribution is 6.30. The summed E-state index contributed by atoms with van der Waals surface area (Å²) >= 11 is 6.16. The summed E-state index contributed by atoms with van der Waals surface area (Å²) in [6.07, 6.45) is 3.40. The molecule has 0 N–H and O–H groups in total. The molecule has 0 atom stereocenters. The van der Waals surface area contributed by atoms with Crippen molar-refractivity contribution in [1.29, 1.82) is 0 Å². The smallest absolute Gasteiger partial charge is 0.242 e. The first-order chi connectivity index (χ1) is 12.2. The molecule has 1 aliphatic rings. The lowest BCUT2D eigenvalue weighted by Gasteiger charge is -2.27. The van der Waals surface area contributed by atoms with E-state index in [1.807, 2.05) is 58.0 Å². The van der Waals surface area contributed by atoms with Gasteiger partial charge in [-0.3, -0.25) is 4.79 Å². The first-order valence-corrected chi connectivity index (χ1v) is 9.09. The molecule has 1 amide bonds. The Bertz CT molecular complexity index is 912. The lowest BCUT2D eigenvalue weighted by atomic mass is 10.1. The van der Waals surface area contributed by atoms with Crippen LogP contribution in [0.4, 0.5) is 0 Å². The number of carbonyl (C=O) groups excluding carboxylic acids is 1. The zero-order valence-corrected chi connectivity index (χ0v) is 14.7. The quantitative estimate of drug-likeness (QED) is 0.701. The van der Waals surface area contributed by atoms with Crippen LogP contribution in [0.2, 0.25) is 5.02 Å². The van der Waals surface area contributed by atoms with Gasteiger partial charge in [0, 0.05) is 23.7 Å². The highest BCUT2D eigenvalue weighted by Gasteiger charge is 2.20. The molecule has 0 saturated carbocycles. The van der Waals surface area contributed by atoms with Crippen LogP contribution in [0.3, 0.4) is 0 Å². The average molecular weight is 354 g/mol. The number of nitrogens with zero attached hydrogens (tertiary/aromatic N) is 3. The van der Waals surface area contributed by atoms with E-state index in [-0.39, 0.29) is 5.91 Å². The lowest BCUT2D eigenvalue weighted by Crippen LogP contribution is -2.37. The predicted molar refractivity (Wildman–Crippen MR) is 101 cm³/mol. The number of hydrogen-bond donors (Lipinski definition) is 0. The molecule has 128 valence electrons. The minimum atomic E-state index is 0.158. The fourth-order valence-corrected chi connectivity index (χ4v) is 3.65. The maximum Gasteiger partial charge on any atom is 0.242 e. The summed E-state index contributed by atoms with van der Waals surface area (Å²) in [5, 5.41) is 0.665. The first kappa shape index (κ1) is 16.2. The summed E-state index contributed by atoms with van der Waals surface area (Å²) in [6.45, 7) is 2.03. The Hall–Kier alpha value is -2.33. The number of rotatable bonds is 3. The number of halogens is 1. The maximum absolute atomic E-state index is 12.8. The molecule has 1 aromatic heterocycles. The molecule has 3 aromatic rings. The van der Waals surface area contributed by atoms with Gasteiger partial charge in [0.25, 0.3) is 0 Å². The van der Waals surface area contributed by atoms with Crippen LogP contribution < -0.4 is 0 Å². The van der Waals surface area contributed by atoms with Crippen molar-refractivity contribution in [3.63, 3.8) is 0 Å². The van der Waals surface area contributed by atoms with Crippen LogP contribution in [0.1, 0.15) is 19.3 Å². The average Bonchev–Trinajstić information content (AvgIpc) is 3.01. The van der Waals surface area contributed by atoms with Crippen LogP contribution in [0.15, 0.2) is 48.5 Å². The van der Waals surface area contributed by atoms with Gasteiger partial charge in [0.2, 0.25) is 5.91 Å². The Morgan fingerprint density at radius 1 is 1.04 bits per heavy atom. The summed E-state index contributed by atoms with van der Waals surface area (Å²) in [4.78, 5) is 19.5. The van der Waals surface area contributed by atoms with Gasteiger partial charge in [0.1, 0.15) is 12.4 Å². The minimum Gasteiger partial charge on any atom is -0.341 e. The largest absolute Gasteiger partial charge is 0.341 e. The van der Waals surface area contributed by atoms with Crippen LogP contribution in [0.25, 0.3) is 22.4 Å². The number of piperidine rings is 1. The Labute approximate surface area is 152 Å². The lowest BCUT2D eigenvalue weighted by molar-refractivity contribution is -0.132. The Balaban J connectivity index is 1.75. The highest BCUT2D eigenvalue weighted by atomic mass is 35.5. The van der Waals surface area contributed by atoms with E-state index in [1.165, 1.54) is 6.42 Å². The Kier molecular flexibility index (Phi) is 4.45. The first-order valence-electron chi connectivity index (χ1n) is 8.71. The molecule has 1 saturated heterocycles. The van der Waals surface area contributed by atoms with Gasteiger partial charge in [-0.15, -0.1) is 0 Å². The molecule has 0 bridgehead atoms. The minimum absolute atomic E-state index is 0.158. The normalized spacial score (nSPS) is 14.8. The second-order valence-electron chi connectivity index (χ2n) is 6.46. The van der Waals surface area contributed by atoms with Crippen LogP contribution in [-0.4, -0.2) is 33.4 Å². The fraction of sp³-hybridized carbons (Fsp3) is 0.300. The number of amides is 1.